The second-order valence-electron chi connectivity index (χ2n) is 10.0. The Morgan fingerprint density at radius 3 is 2.63 bits per heavy atom. The van der Waals surface area contributed by atoms with Crippen molar-refractivity contribution in [3.63, 3.8) is 0 Å². The minimum atomic E-state index is -0.602. The maximum atomic E-state index is 13.0. The van der Waals surface area contributed by atoms with E-state index in [2.05, 4.69) is 58.8 Å². The van der Waals surface area contributed by atoms with Crippen LogP contribution in [0.5, 0.6) is 0 Å². The molecule has 38 heavy (non-hydrogen) atoms. The molecule has 0 spiro atoms. The maximum Gasteiger partial charge on any atom is 0.255 e. The van der Waals surface area contributed by atoms with Gasteiger partial charge in [0.25, 0.3) is 5.91 Å². The van der Waals surface area contributed by atoms with Gasteiger partial charge in [0, 0.05) is 37.0 Å². The van der Waals surface area contributed by atoms with Gasteiger partial charge in [-0.2, -0.15) is 4.98 Å². The summed E-state index contributed by atoms with van der Waals surface area (Å²) in [4.78, 5) is 47.5. The second-order valence-corrected chi connectivity index (χ2v) is 10.0. The minimum absolute atomic E-state index is 0.144. The zero-order chi connectivity index (χ0) is 26.8. The van der Waals surface area contributed by atoms with Gasteiger partial charge in [0.05, 0.1) is 0 Å². The molecule has 1 aromatic heterocycles. The second kappa shape index (κ2) is 10.6. The van der Waals surface area contributed by atoms with Crippen molar-refractivity contribution < 1.29 is 14.4 Å². The number of anilines is 3. The van der Waals surface area contributed by atoms with Crippen LogP contribution in [-0.2, 0) is 22.6 Å². The Labute approximate surface area is 222 Å². The summed E-state index contributed by atoms with van der Waals surface area (Å²) >= 11 is 0. The highest BCUT2D eigenvalue weighted by Gasteiger charge is 2.39. The number of piperidine rings is 1. The van der Waals surface area contributed by atoms with Gasteiger partial charge in [0.1, 0.15) is 11.9 Å². The van der Waals surface area contributed by atoms with Gasteiger partial charge in [-0.15, -0.1) is 0 Å². The molecule has 1 saturated heterocycles. The van der Waals surface area contributed by atoms with Crippen molar-refractivity contribution in [3.8, 4) is 0 Å². The van der Waals surface area contributed by atoms with Crippen molar-refractivity contribution in [2.45, 2.75) is 59.0 Å². The van der Waals surface area contributed by atoms with E-state index >= 15 is 0 Å². The number of nitrogens with zero attached hydrogens (tertiary/aromatic N) is 3. The Bertz CT molecular complexity index is 1400. The number of hydrogen-bond acceptors (Lipinski definition) is 7. The van der Waals surface area contributed by atoms with Crippen LogP contribution in [0, 0.1) is 20.8 Å². The molecule has 3 heterocycles. The molecular formula is C29H32N6O3. The van der Waals surface area contributed by atoms with Crippen molar-refractivity contribution in [1.29, 1.82) is 0 Å². The first-order chi connectivity index (χ1) is 18.3. The molecule has 2 aromatic carbocycles. The average Bonchev–Trinajstić information content (AvgIpc) is 3.21. The predicted molar refractivity (Wildman–Crippen MR) is 145 cm³/mol. The summed E-state index contributed by atoms with van der Waals surface area (Å²) in [6.45, 7) is 7.32. The highest BCUT2D eigenvalue weighted by Crippen LogP contribution is 2.30. The van der Waals surface area contributed by atoms with E-state index in [0.717, 1.165) is 46.6 Å². The standard InChI is InChI=1S/C29H32N6O3/c1-17-14-18(2)26(19(3)15-17)34-29-31-13-11-24(32-29)30-12-5-7-20-6-4-8-21-22(20)16-35(28(21)38)23-9-10-25(36)33-27(23)37/h4,6,8,11,13-15,23H,5,7,9-10,12,16H2,1-3H3,(H,33,36,37)(H2,30,31,32,34). The van der Waals surface area contributed by atoms with Gasteiger partial charge in [-0.3, -0.25) is 19.7 Å². The molecular weight excluding hydrogens is 480 g/mol. The lowest BCUT2D eigenvalue weighted by atomic mass is 9.99. The average molecular weight is 513 g/mol. The van der Waals surface area contributed by atoms with E-state index in [-0.39, 0.29) is 24.1 Å². The van der Waals surface area contributed by atoms with Gasteiger partial charge in [-0.1, -0.05) is 29.8 Å². The van der Waals surface area contributed by atoms with Crippen LogP contribution in [0.2, 0.25) is 0 Å². The monoisotopic (exact) mass is 512 g/mol. The summed E-state index contributed by atoms with van der Waals surface area (Å²) in [5.41, 5.74) is 7.25. The third kappa shape index (κ3) is 5.22. The minimum Gasteiger partial charge on any atom is -0.370 e. The lowest BCUT2D eigenvalue weighted by Crippen LogP contribution is -2.52. The number of nitrogens with one attached hydrogen (secondary N) is 3. The van der Waals surface area contributed by atoms with Gasteiger partial charge in [-0.05, 0) is 74.4 Å². The molecule has 2 aliphatic heterocycles. The van der Waals surface area contributed by atoms with Crippen molar-refractivity contribution in [3.05, 3.63) is 76.0 Å². The van der Waals surface area contributed by atoms with E-state index in [1.165, 1.54) is 5.56 Å². The molecule has 9 heteroatoms. The normalized spacial score (nSPS) is 16.9. The Morgan fingerprint density at radius 2 is 1.87 bits per heavy atom. The van der Waals surface area contributed by atoms with Crippen molar-refractivity contribution in [2.75, 3.05) is 17.2 Å². The number of imide groups is 1. The fourth-order valence-corrected chi connectivity index (χ4v) is 5.39. The summed E-state index contributed by atoms with van der Waals surface area (Å²) in [7, 11) is 0. The number of aryl methyl sites for hydroxylation is 4. The van der Waals surface area contributed by atoms with E-state index in [9.17, 15) is 14.4 Å². The van der Waals surface area contributed by atoms with Gasteiger partial charge < -0.3 is 15.5 Å². The number of carbonyl (C=O) groups is 3. The third-order valence-electron chi connectivity index (χ3n) is 7.18. The molecule has 0 aliphatic carbocycles. The molecule has 9 nitrogen and oxygen atoms in total. The first kappa shape index (κ1) is 25.4. The van der Waals surface area contributed by atoms with E-state index in [0.29, 0.717) is 31.0 Å². The number of fused-ring (bicyclic) bond motifs is 1. The van der Waals surface area contributed by atoms with Crippen LogP contribution in [0.3, 0.4) is 0 Å². The molecule has 196 valence electrons. The van der Waals surface area contributed by atoms with Gasteiger partial charge in [-0.25, -0.2) is 4.98 Å². The number of hydrogen-bond donors (Lipinski definition) is 3. The molecule has 1 fully saturated rings. The topological polar surface area (TPSA) is 116 Å². The first-order valence-electron chi connectivity index (χ1n) is 13.0. The number of amides is 3. The van der Waals surface area contributed by atoms with E-state index in [4.69, 9.17) is 0 Å². The fraction of sp³-hybridized carbons (Fsp3) is 0.345. The predicted octanol–water partition coefficient (Wildman–Crippen LogP) is 3.95. The molecule has 0 radical (unpaired) electrons. The quantitative estimate of drug-likeness (QED) is 0.309. The van der Waals surface area contributed by atoms with Gasteiger partial charge in [0.15, 0.2) is 0 Å². The molecule has 3 amide bonds. The summed E-state index contributed by atoms with van der Waals surface area (Å²) in [6, 6.07) is 11.3. The summed E-state index contributed by atoms with van der Waals surface area (Å²) < 4.78 is 0. The van der Waals surface area contributed by atoms with Crippen LogP contribution in [0.4, 0.5) is 17.5 Å². The van der Waals surface area contributed by atoms with Crippen LogP contribution in [0.15, 0.2) is 42.6 Å². The lowest BCUT2D eigenvalue weighted by Gasteiger charge is -2.29. The Balaban J connectivity index is 1.19. The molecule has 3 N–H and O–H groups in total. The Hall–Kier alpha value is -4.27. The SMILES string of the molecule is Cc1cc(C)c(Nc2nccc(NCCCc3cccc4c3CN(C3CCC(=O)NC3=O)C4=O)n2)c(C)c1. The summed E-state index contributed by atoms with van der Waals surface area (Å²) in [6.07, 6.45) is 3.97. The maximum absolute atomic E-state index is 13.0. The molecule has 1 atom stereocenters. The van der Waals surface area contributed by atoms with E-state index in [1.54, 1.807) is 11.1 Å². The van der Waals surface area contributed by atoms with Crippen molar-refractivity contribution in [2.24, 2.45) is 0 Å². The Morgan fingerprint density at radius 1 is 1.08 bits per heavy atom. The highest BCUT2D eigenvalue weighted by molar-refractivity contribution is 6.05. The molecule has 5 rings (SSSR count). The number of rotatable bonds is 8. The third-order valence-corrected chi connectivity index (χ3v) is 7.18. The Kier molecular flexibility index (Phi) is 7.09. The molecule has 2 aliphatic rings. The zero-order valence-electron chi connectivity index (χ0n) is 21.9. The largest absolute Gasteiger partial charge is 0.370 e. The number of benzene rings is 2. The van der Waals surface area contributed by atoms with Crippen molar-refractivity contribution >= 4 is 35.2 Å². The van der Waals surface area contributed by atoms with E-state index in [1.807, 2.05) is 24.3 Å². The summed E-state index contributed by atoms with van der Waals surface area (Å²) in [5.74, 6) is 0.463. The molecule has 0 bridgehead atoms. The van der Waals surface area contributed by atoms with Crippen LogP contribution in [0.25, 0.3) is 0 Å². The van der Waals surface area contributed by atoms with Crippen molar-refractivity contribution in [1.82, 2.24) is 20.2 Å². The van der Waals surface area contributed by atoms with Gasteiger partial charge in [0.2, 0.25) is 17.8 Å². The molecule has 3 aromatic rings. The molecule has 0 saturated carbocycles. The van der Waals surface area contributed by atoms with Crippen LogP contribution in [-0.4, -0.2) is 45.2 Å². The van der Waals surface area contributed by atoms with Crippen LogP contribution < -0.4 is 16.0 Å². The highest BCUT2D eigenvalue weighted by atomic mass is 16.2. The van der Waals surface area contributed by atoms with E-state index < -0.39 is 6.04 Å². The number of aromatic nitrogens is 2. The van der Waals surface area contributed by atoms with Crippen LogP contribution >= 0.6 is 0 Å². The smallest absolute Gasteiger partial charge is 0.255 e. The summed E-state index contributed by atoms with van der Waals surface area (Å²) in [5, 5.41) is 9.08. The fourth-order valence-electron chi connectivity index (χ4n) is 5.39. The van der Waals surface area contributed by atoms with Crippen LogP contribution in [0.1, 0.15) is 57.4 Å². The van der Waals surface area contributed by atoms with Gasteiger partial charge >= 0.3 is 0 Å². The zero-order valence-corrected chi connectivity index (χ0v) is 21.9. The molecule has 1 unspecified atom stereocenters. The number of carbonyl (C=O) groups excluding carboxylic acids is 3. The lowest BCUT2D eigenvalue weighted by molar-refractivity contribution is -0.136. The first-order valence-corrected chi connectivity index (χ1v) is 13.0.